The molecular formula is C14H10Cl2FNO2. The Hall–Kier alpha value is -1.65. The Bertz CT molecular complexity index is 649. The van der Waals surface area contributed by atoms with Gasteiger partial charge in [0.2, 0.25) is 0 Å². The zero-order chi connectivity index (χ0) is 14.7. The third kappa shape index (κ3) is 3.26. The second-order valence-corrected chi connectivity index (χ2v) is 5.17. The minimum Gasteiger partial charge on any atom is -0.258 e. The number of rotatable bonds is 4. The van der Waals surface area contributed by atoms with E-state index in [-0.39, 0.29) is 17.1 Å². The first-order valence-corrected chi connectivity index (χ1v) is 6.62. The second-order valence-electron chi connectivity index (χ2n) is 4.23. The van der Waals surface area contributed by atoms with E-state index in [1.165, 1.54) is 18.2 Å². The summed E-state index contributed by atoms with van der Waals surface area (Å²) in [5.74, 6) is -0.558. The van der Waals surface area contributed by atoms with E-state index in [0.717, 1.165) is 0 Å². The lowest BCUT2D eigenvalue weighted by atomic mass is 10.0. The lowest BCUT2D eigenvalue weighted by Gasteiger charge is -2.10. The SMILES string of the molecule is O=[N+]([O-])c1ccccc1CC(Cl)c1ccc(Cl)c(F)c1. The molecule has 20 heavy (non-hydrogen) atoms. The van der Waals surface area contributed by atoms with E-state index in [1.807, 2.05) is 0 Å². The lowest BCUT2D eigenvalue weighted by molar-refractivity contribution is -0.385. The number of alkyl halides is 1. The predicted octanol–water partition coefficient (Wildman–Crippen LogP) is 4.91. The van der Waals surface area contributed by atoms with Crippen LogP contribution in [0.2, 0.25) is 5.02 Å². The van der Waals surface area contributed by atoms with Crippen molar-refractivity contribution in [1.29, 1.82) is 0 Å². The van der Waals surface area contributed by atoms with Crippen molar-refractivity contribution in [2.75, 3.05) is 0 Å². The highest BCUT2D eigenvalue weighted by Gasteiger charge is 2.18. The van der Waals surface area contributed by atoms with Gasteiger partial charge >= 0.3 is 0 Å². The Morgan fingerprint density at radius 2 is 1.95 bits per heavy atom. The van der Waals surface area contributed by atoms with E-state index in [9.17, 15) is 14.5 Å². The van der Waals surface area contributed by atoms with E-state index in [4.69, 9.17) is 23.2 Å². The van der Waals surface area contributed by atoms with Crippen molar-refractivity contribution in [1.82, 2.24) is 0 Å². The molecule has 0 aliphatic carbocycles. The van der Waals surface area contributed by atoms with Crippen molar-refractivity contribution in [3.8, 4) is 0 Å². The van der Waals surface area contributed by atoms with E-state index in [0.29, 0.717) is 11.1 Å². The quantitative estimate of drug-likeness (QED) is 0.457. The first-order valence-electron chi connectivity index (χ1n) is 5.80. The van der Waals surface area contributed by atoms with Gasteiger partial charge in [0.1, 0.15) is 5.82 Å². The molecule has 0 N–H and O–H groups in total. The molecule has 0 saturated carbocycles. The van der Waals surface area contributed by atoms with Crippen LogP contribution in [-0.4, -0.2) is 4.92 Å². The van der Waals surface area contributed by atoms with Gasteiger partial charge in [0.05, 0.1) is 15.3 Å². The first kappa shape index (κ1) is 14.8. The van der Waals surface area contributed by atoms with Crippen LogP contribution in [0.1, 0.15) is 16.5 Å². The van der Waals surface area contributed by atoms with Crippen LogP contribution >= 0.6 is 23.2 Å². The molecule has 0 bridgehead atoms. The van der Waals surface area contributed by atoms with Crippen molar-refractivity contribution < 1.29 is 9.31 Å². The molecule has 6 heteroatoms. The molecule has 104 valence electrons. The predicted molar refractivity (Wildman–Crippen MR) is 76.8 cm³/mol. The number of nitro benzene ring substituents is 1. The fraction of sp³-hybridized carbons (Fsp3) is 0.143. The van der Waals surface area contributed by atoms with E-state index in [1.54, 1.807) is 24.3 Å². The average molecular weight is 314 g/mol. The highest BCUT2D eigenvalue weighted by Crippen LogP contribution is 2.30. The van der Waals surface area contributed by atoms with Gasteiger partial charge in [-0.05, 0) is 24.1 Å². The van der Waals surface area contributed by atoms with Gasteiger partial charge in [0.15, 0.2) is 0 Å². The standard InChI is InChI=1S/C14H10Cl2FNO2/c15-11-6-5-9(8-13(11)17)12(16)7-10-3-1-2-4-14(10)18(19)20/h1-6,8,12H,7H2. The molecule has 2 aromatic rings. The van der Waals surface area contributed by atoms with Crippen molar-refractivity contribution in [2.24, 2.45) is 0 Å². The number of nitrogens with zero attached hydrogens (tertiary/aromatic N) is 1. The monoisotopic (exact) mass is 313 g/mol. The average Bonchev–Trinajstić information content (AvgIpc) is 2.42. The molecule has 1 atom stereocenters. The molecule has 0 aliphatic rings. The van der Waals surface area contributed by atoms with Crippen molar-refractivity contribution >= 4 is 28.9 Å². The molecule has 0 heterocycles. The molecule has 3 nitrogen and oxygen atoms in total. The molecule has 0 saturated heterocycles. The highest BCUT2D eigenvalue weighted by molar-refractivity contribution is 6.30. The summed E-state index contributed by atoms with van der Waals surface area (Å²) in [4.78, 5) is 10.5. The van der Waals surface area contributed by atoms with Crippen LogP contribution < -0.4 is 0 Å². The summed E-state index contributed by atoms with van der Waals surface area (Å²) in [5.41, 5.74) is 1.05. The Labute approximate surface area is 125 Å². The summed E-state index contributed by atoms with van der Waals surface area (Å²) in [6, 6.07) is 10.6. The molecule has 1 unspecified atom stereocenters. The molecule has 0 spiro atoms. The maximum absolute atomic E-state index is 13.4. The summed E-state index contributed by atoms with van der Waals surface area (Å²) < 4.78 is 13.4. The van der Waals surface area contributed by atoms with Gasteiger partial charge in [-0.2, -0.15) is 0 Å². The second kappa shape index (κ2) is 6.20. The maximum atomic E-state index is 13.4. The lowest BCUT2D eigenvalue weighted by Crippen LogP contribution is -2.00. The third-order valence-electron chi connectivity index (χ3n) is 2.89. The van der Waals surface area contributed by atoms with Crippen molar-refractivity contribution in [3.05, 3.63) is 74.5 Å². The minimum atomic E-state index is -0.567. The Morgan fingerprint density at radius 1 is 1.25 bits per heavy atom. The van der Waals surface area contributed by atoms with Gasteiger partial charge in [-0.25, -0.2) is 4.39 Å². The van der Waals surface area contributed by atoms with Gasteiger partial charge in [-0.1, -0.05) is 35.9 Å². The summed E-state index contributed by atoms with van der Waals surface area (Å²) in [5, 5.41) is 10.4. The number of nitro groups is 1. The number of para-hydroxylation sites is 1. The summed E-state index contributed by atoms with van der Waals surface area (Å²) in [7, 11) is 0. The molecule has 0 aliphatic heterocycles. The van der Waals surface area contributed by atoms with Gasteiger partial charge in [-0.15, -0.1) is 11.6 Å². The Kier molecular flexibility index (Phi) is 4.57. The van der Waals surface area contributed by atoms with Gasteiger partial charge in [0, 0.05) is 11.6 Å². The van der Waals surface area contributed by atoms with Gasteiger partial charge in [-0.3, -0.25) is 10.1 Å². The van der Waals surface area contributed by atoms with Gasteiger partial charge < -0.3 is 0 Å². The van der Waals surface area contributed by atoms with E-state index >= 15 is 0 Å². The van der Waals surface area contributed by atoms with Crippen LogP contribution in [0, 0.1) is 15.9 Å². The normalized spacial score (nSPS) is 12.2. The molecule has 0 aromatic heterocycles. The molecule has 2 aromatic carbocycles. The highest BCUT2D eigenvalue weighted by atomic mass is 35.5. The molecule has 0 radical (unpaired) electrons. The Morgan fingerprint density at radius 3 is 2.60 bits per heavy atom. The fourth-order valence-electron chi connectivity index (χ4n) is 1.88. The Balaban J connectivity index is 2.25. The molecule has 0 fully saturated rings. The van der Waals surface area contributed by atoms with Crippen LogP contribution in [0.25, 0.3) is 0 Å². The zero-order valence-corrected chi connectivity index (χ0v) is 11.7. The topological polar surface area (TPSA) is 43.1 Å². The minimum absolute atomic E-state index is 0.00702. The molecule has 0 amide bonds. The molecule has 2 rings (SSSR count). The van der Waals surface area contributed by atoms with Crippen LogP contribution in [-0.2, 0) is 6.42 Å². The largest absolute Gasteiger partial charge is 0.272 e. The van der Waals surface area contributed by atoms with Crippen molar-refractivity contribution in [2.45, 2.75) is 11.8 Å². The van der Waals surface area contributed by atoms with E-state index in [2.05, 4.69) is 0 Å². The number of hydrogen-bond donors (Lipinski definition) is 0. The van der Waals surface area contributed by atoms with E-state index < -0.39 is 16.1 Å². The van der Waals surface area contributed by atoms with Crippen molar-refractivity contribution in [3.63, 3.8) is 0 Å². The van der Waals surface area contributed by atoms with Gasteiger partial charge in [0.25, 0.3) is 5.69 Å². The van der Waals surface area contributed by atoms with Crippen LogP contribution in [0.4, 0.5) is 10.1 Å². The fourth-order valence-corrected chi connectivity index (χ4v) is 2.30. The van der Waals surface area contributed by atoms with Crippen LogP contribution in [0.15, 0.2) is 42.5 Å². The molecular weight excluding hydrogens is 304 g/mol. The number of benzene rings is 2. The maximum Gasteiger partial charge on any atom is 0.272 e. The van der Waals surface area contributed by atoms with Crippen LogP contribution in [0.5, 0.6) is 0 Å². The summed E-state index contributed by atoms with van der Waals surface area (Å²) >= 11 is 11.8. The number of hydrogen-bond acceptors (Lipinski definition) is 2. The smallest absolute Gasteiger partial charge is 0.258 e. The van der Waals surface area contributed by atoms with Crippen LogP contribution in [0.3, 0.4) is 0 Å². The summed E-state index contributed by atoms with van der Waals surface area (Å²) in [6.07, 6.45) is 0.236. The summed E-state index contributed by atoms with van der Waals surface area (Å²) in [6.45, 7) is 0. The first-order chi connectivity index (χ1) is 9.49. The number of halogens is 3. The third-order valence-corrected chi connectivity index (χ3v) is 3.61. The zero-order valence-electron chi connectivity index (χ0n) is 10.2.